The minimum atomic E-state index is -0.413. The topological polar surface area (TPSA) is 78.8 Å². The molecule has 19 heavy (non-hydrogen) atoms. The number of fused-ring (bicyclic) bond motifs is 1. The van der Waals surface area contributed by atoms with Crippen LogP contribution in [0.3, 0.4) is 0 Å². The van der Waals surface area contributed by atoms with Crippen molar-refractivity contribution in [2.45, 2.75) is 13.1 Å². The predicted octanol–water partition coefficient (Wildman–Crippen LogP) is 1.84. The Morgan fingerprint density at radius 3 is 2.95 bits per heavy atom. The molecule has 3 rings (SSSR count). The van der Waals surface area contributed by atoms with Crippen LogP contribution >= 0.6 is 0 Å². The normalized spacial score (nSPS) is 10.9. The van der Waals surface area contributed by atoms with Crippen molar-refractivity contribution in [2.24, 2.45) is 0 Å². The number of nitro groups is 1. The van der Waals surface area contributed by atoms with Gasteiger partial charge in [0.25, 0.3) is 5.69 Å². The lowest BCUT2D eigenvalue weighted by molar-refractivity contribution is -0.384. The molecule has 96 valence electrons. The second-order valence-corrected chi connectivity index (χ2v) is 4.19. The number of nitro benzene ring substituents is 1. The van der Waals surface area contributed by atoms with Crippen LogP contribution in [0.4, 0.5) is 5.69 Å². The molecule has 0 fully saturated rings. The van der Waals surface area contributed by atoms with Gasteiger partial charge in [0.1, 0.15) is 0 Å². The number of aryl methyl sites for hydroxylation is 2. The van der Waals surface area contributed by atoms with Gasteiger partial charge in [-0.25, -0.2) is 4.98 Å². The first-order valence-corrected chi connectivity index (χ1v) is 5.80. The maximum absolute atomic E-state index is 10.7. The van der Waals surface area contributed by atoms with E-state index in [1.807, 2.05) is 17.0 Å². The van der Waals surface area contributed by atoms with Crippen LogP contribution in [-0.2, 0) is 13.1 Å². The van der Waals surface area contributed by atoms with Gasteiger partial charge in [-0.3, -0.25) is 14.8 Å². The van der Waals surface area contributed by atoms with Gasteiger partial charge < -0.3 is 4.57 Å². The van der Waals surface area contributed by atoms with Crippen LogP contribution in [0.15, 0.2) is 43.1 Å². The van der Waals surface area contributed by atoms with Crippen molar-refractivity contribution in [3.8, 4) is 0 Å². The highest BCUT2D eigenvalue weighted by molar-refractivity contribution is 5.80. The Kier molecular flexibility index (Phi) is 2.71. The van der Waals surface area contributed by atoms with Crippen molar-refractivity contribution in [1.29, 1.82) is 0 Å². The lowest BCUT2D eigenvalue weighted by Gasteiger charge is -2.01. The van der Waals surface area contributed by atoms with Gasteiger partial charge >= 0.3 is 0 Å². The van der Waals surface area contributed by atoms with Crippen molar-refractivity contribution < 1.29 is 4.92 Å². The first-order chi connectivity index (χ1) is 9.22. The van der Waals surface area contributed by atoms with Crippen molar-refractivity contribution in [3.63, 3.8) is 0 Å². The lowest BCUT2D eigenvalue weighted by Crippen LogP contribution is -2.06. The van der Waals surface area contributed by atoms with E-state index >= 15 is 0 Å². The summed E-state index contributed by atoms with van der Waals surface area (Å²) in [6.45, 7) is 1.45. The van der Waals surface area contributed by atoms with Crippen LogP contribution in [-0.4, -0.2) is 24.3 Å². The molecule has 0 aliphatic carbocycles. The van der Waals surface area contributed by atoms with E-state index in [0.717, 1.165) is 11.9 Å². The minimum absolute atomic E-state index is 0.0624. The molecule has 0 bridgehead atoms. The van der Waals surface area contributed by atoms with Crippen LogP contribution in [0.5, 0.6) is 0 Å². The van der Waals surface area contributed by atoms with Gasteiger partial charge in [-0.2, -0.15) is 5.10 Å². The quantitative estimate of drug-likeness (QED) is 0.527. The number of aromatic nitrogens is 4. The van der Waals surface area contributed by atoms with Gasteiger partial charge in [-0.05, 0) is 6.07 Å². The molecule has 7 nitrogen and oxygen atoms in total. The van der Waals surface area contributed by atoms with E-state index in [2.05, 4.69) is 10.1 Å². The first-order valence-electron chi connectivity index (χ1n) is 5.80. The molecule has 0 aliphatic rings. The summed E-state index contributed by atoms with van der Waals surface area (Å²) in [4.78, 5) is 14.2. The summed E-state index contributed by atoms with van der Waals surface area (Å²) in [5, 5.41) is 15.9. The van der Waals surface area contributed by atoms with Gasteiger partial charge in [0.05, 0.1) is 23.3 Å². The average Bonchev–Trinajstić information content (AvgIpc) is 3.04. The molecule has 7 heteroatoms. The molecule has 0 radical (unpaired) electrons. The molecule has 0 aliphatic heterocycles. The van der Waals surface area contributed by atoms with Crippen LogP contribution in [0, 0.1) is 10.1 Å². The molecule has 1 aromatic carbocycles. The van der Waals surface area contributed by atoms with Crippen LogP contribution in [0.2, 0.25) is 0 Å². The summed E-state index contributed by atoms with van der Waals surface area (Å²) < 4.78 is 3.74. The largest absolute Gasteiger partial charge is 0.336 e. The van der Waals surface area contributed by atoms with Crippen molar-refractivity contribution >= 4 is 16.6 Å². The number of hydrogen-bond acceptors (Lipinski definition) is 4. The Hall–Kier alpha value is -2.70. The fraction of sp³-hybridized carbons (Fsp3) is 0.167. The maximum atomic E-state index is 10.7. The molecule has 3 aromatic rings. The highest BCUT2D eigenvalue weighted by atomic mass is 16.6. The van der Waals surface area contributed by atoms with Crippen LogP contribution in [0.25, 0.3) is 10.9 Å². The van der Waals surface area contributed by atoms with Gasteiger partial charge in [0, 0.05) is 42.7 Å². The molecular formula is C12H11N5O2. The highest BCUT2D eigenvalue weighted by Gasteiger charge is 2.08. The van der Waals surface area contributed by atoms with E-state index < -0.39 is 4.92 Å². The summed E-state index contributed by atoms with van der Waals surface area (Å²) in [6.07, 6.45) is 7.24. The van der Waals surface area contributed by atoms with Crippen molar-refractivity contribution in [3.05, 3.63) is 53.2 Å². The average molecular weight is 257 g/mol. The molecule has 0 atom stereocenters. The molecule has 0 saturated heterocycles. The fourth-order valence-corrected chi connectivity index (χ4v) is 1.92. The van der Waals surface area contributed by atoms with Gasteiger partial charge in [-0.15, -0.1) is 0 Å². The fourth-order valence-electron chi connectivity index (χ4n) is 1.92. The Morgan fingerprint density at radius 1 is 1.32 bits per heavy atom. The first kappa shape index (κ1) is 11.4. The number of hydrogen-bond donors (Lipinski definition) is 0. The molecule has 2 heterocycles. The smallest absolute Gasteiger partial charge is 0.271 e. The van der Waals surface area contributed by atoms with E-state index in [9.17, 15) is 10.1 Å². The van der Waals surface area contributed by atoms with Crippen LogP contribution < -0.4 is 0 Å². The zero-order valence-corrected chi connectivity index (χ0v) is 10.0. The van der Waals surface area contributed by atoms with Crippen molar-refractivity contribution in [1.82, 2.24) is 19.3 Å². The van der Waals surface area contributed by atoms with Crippen molar-refractivity contribution in [2.75, 3.05) is 0 Å². The molecule has 0 N–H and O–H groups in total. The van der Waals surface area contributed by atoms with E-state index in [4.69, 9.17) is 0 Å². The Morgan fingerprint density at radius 2 is 2.21 bits per heavy atom. The number of non-ortho nitro benzene ring substituents is 1. The summed E-state index contributed by atoms with van der Waals surface area (Å²) in [7, 11) is 0. The zero-order valence-electron chi connectivity index (χ0n) is 10.0. The monoisotopic (exact) mass is 257 g/mol. The summed E-state index contributed by atoms with van der Waals surface area (Å²) in [6, 6.07) is 4.70. The summed E-state index contributed by atoms with van der Waals surface area (Å²) in [5.74, 6) is 0. The Bertz CT molecular complexity index is 717. The third kappa shape index (κ3) is 2.30. The van der Waals surface area contributed by atoms with Gasteiger partial charge in [0.15, 0.2) is 0 Å². The zero-order chi connectivity index (χ0) is 13.2. The second kappa shape index (κ2) is 4.52. The van der Waals surface area contributed by atoms with E-state index in [-0.39, 0.29) is 5.69 Å². The highest BCUT2D eigenvalue weighted by Crippen LogP contribution is 2.19. The molecular weight excluding hydrogens is 246 g/mol. The maximum Gasteiger partial charge on any atom is 0.271 e. The Balaban J connectivity index is 1.83. The SMILES string of the molecule is O=[N+]([O-])c1ccc2cn(CCn3ccnc3)nc2c1. The van der Waals surface area contributed by atoms with Crippen LogP contribution in [0.1, 0.15) is 0 Å². The summed E-state index contributed by atoms with van der Waals surface area (Å²) in [5.41, 5.74) is 0.701. The number of rotatable bonds is 4. The number of benzene rings is 1. The standard InChI is InChI=1S/C12H11N5O2/c18-17(19)11-2-1-10-8-16(14-12(10)7-11)6-5-15-4-3-13-9-15/h1-4,7-9H,5-6H2. The lowest BCUT2D eigenvalue weighted by atomic mass is 10.2. The third-order valence-electron chi connectivity index (χ3n) is 2.90. The van der Waals surface area contributed by atoms with E-state index in [0.29, 0.717) is 12.1 Å². The predicted molar refractivity (Wildman–Crippen MR) is 68.6 cm³/mol. The molecule has 0 saturated carbocycles. The number of imidazole rings is 1. The third-order valence-corrected chi connectivity index (χ3v) is 2.90. The minimum Gasteiger partial charge on any atom is -0.336 e. The van der Waals surface area contributed by atoms with Gasteiger partial charge in [0.2, 0.25) is 0 Å². The molecule has 0 amide bonds. The van der Waals surface area contributed by atoms with E-state index in [1.54, 1.807) is 23.3 Å². The molecule has 0 spiro atoms. The number of nitrogens with zero attached hydrogens (tertiary/aromatic N) is 5. The Labute approximate surface area is 108 Å². The second-order valence-electron chi connectivity index (χ2n) is 4.19. The van der Waals surface area contributed by atoms with E-state index in [1.165, 1.54) is 12.1 Å². The summed E-state index contributed by atoms with van der Waals surface area (Å²) >= 11 is 0. The molecule has 0 unspecified atom stereocenters. The molecule has 2 aromatic heterocycles. The van der Waals surface area contributed by atoms with Gasteiger partial charge in [-0.1, -0.05) is 0 Å².